The minimum absolute atomic E-state index is 0.0745. The second-order valence-corrected chi connectivity index (χ2v) is 6.76. The molecule has 21 heavy (non-hydrogen) atoms. The summed E-state index contributed by atoms with van der Waals surface area (Å²) >= 11 is 3.03. The summed E-state index contributed by atoms with van der Waals surface area (Å²) in [6.07, 6.45) is 8.83. The molecule has 1 aliphatic heterocycles. The number of imidazole rings is 1. The van der Waals surface area contributed by atoms with Crippen LogP contribution in [0.4, 0.5) is 0 Å². The number of thioether (sulfide) groups is 1. The Hall–Kier alpha value is -1.74. The molecule has 9 heteroatoms. The van der Waals surface area contributed by atoms with E-state index < -0.39 is 0 Å². The molecule has 0 aromatic carbocycles. The Morgan fingerprint density at radius 3 is 3.24 bits per heavy atom. The van der Waals surface area contributed by atoms with Crippen molar-refractivity contribution in [2.24, 2.45) is 0 Å². The van der Waals surface area contributed by atoms with Crippen LogP contribution >= 0.6 is 23.1 Å². The summed E-state index contributed by atoms with van der Waals surface area (Å²) in [5.41, 5.74) is 1.21. The molecule has 1 aliphatic rings. The van der Waals surface area contributed by atoms with E-state index in [2.05, 4.69) is 29.9 Å². The van der Waals surface area contributed by atoms with E-state index in [0.29, 0.717) is 16.7 Å². The SMILES string of the molecule is CSc1nnc(-c2noc(C3CCCc4cncn43)n2)s1. The fourth-order valence-electron chi connectivity index (χ4n) is 2.50. The van der Waals surface area contributed by atoms with Crippen LogP contribution in [0.3, 0.4) is 0 Å². The third-order valence-electron chi connectivity index (χ3n) is 3.49. The molecule has 1 unspecified atom stereocenters. The van der Waals surface area contributed by atoms with E-state index in [0.717, 1.165) is 23.6 Å². The first-order chi connectivity index (χ1) is 10.3. The molecule has 0 saturated carbocycles. The van der Waals surface area contributed by atoms with E-state index in [1.807, 2.05) is 18.8 Å². The fraction of sp³-hybridized carbons (Fsp3) is 0.417. The lowest BCUT2D eigenvalue weighted by Gasteiger charge is -2.21. The van der Waals surface area contributed by atoms with E-state index >= 15 is 0 Å². The van der Waals surface area contributed by atoms with Crippen LogP contribution in [0.5, 0.6) is 0 Å². The second-order valence-electron chi connectivity index (χ2n) is 4.73. The Labute approximate surface area is 128 Å². The number of aromatic nitrogens is 6. The summed E-state index contributed by atoms with van der Waals surface area (Å²) < 4.78 is 8.46. The fourth-order valence-corrected chi connectivity index (χ4v) is 3.70. The van der Waals surface area contributed by atoms with Gasteiger partial charge in [0.2, 0.25) is 11.7 Å². The van der Waals surface area contributed by atoms with Gasteiger partial charge in [-0.2, -0.15) is 4.98 Å². The van der Waals surface area contributed by atoms with E-state index in [1.165, 1.54) is 17.0 Å². The van der Waals surface area contributed by atoms with Gasteiger partial charge in [0.05, 0.1) is 6.33 Å². The smallest absolute Gasteiger partial charge is 0.250 e. The van der Waals surface area contributed by atoms with Gasteiger partial charge in [-0.1, -0.05) is 28.3 Å². The Bertz CT molecular complexity index is 763. The van der Waals surface area contributed by atoms with Crippen molar-refractivity contribution in [1.29, 1.82) is 0 Å². The first kappa shape index (κ1) is 13.0. The zero-order valence-electron chi connectivity index (χ0n) is 11.3. The van der Waals surface area contributed by atoms with Gasteiger partial charge < -0.3 is 9.09 Å². The highest BCUT2D eigenvalue weighted by atomic mass is 32.2. The molecule has 0 spiro atoms. The van der Waals surface area contributed by atoms with E-state index in [4.69, 9.17) is 4.52 Å². The monoisotopic (exact) mass is 320 g/mol. The van der Waals surface area contributed by atoms with E-state index in [1.54, 1.807) is 11.8 Å². The van der Waals surface area contributed by atoms with Crippen LogP contribution < -0.4 is 0 Å². The summed E-state index contributed by atoms with van der Waals surface area (Å²) in [4.78, 5) is 8.71. The molecule has 0 radical (unpaired) electrons. The van der Waals surface area contributed by atoms with Crippen molar-refractivity contribution in [3.8, 4) is 10.8 Å². The van der Waals surface area contributed by atoms with Gasteiger partial charge in [-0.3, -0.25) is 0 Å². The maximum atomic E-state index is 5.45. The van der Waals surface area contributed by atoms with Crippen molar-refractivity contribution in [3.63, 3.8) is 0 Å². The number of aryl methyl sites for hydroxylation is 1. The van der Waals surface area contributed by atoms with Gasteiger partial charge in [-0.05, 0) is 25.5 Å². The standard InChI is InChI=1S/C12H12N6OS2/c1-20-12-16-15-11(21-12)9-14-10(19-17-9)8-4-2-3-7-5-13-6-18(7)8/h5-6,8H,2-4H2,1H3. The Morgan fingerprint density at radius 2 is 2.38 bits per heavy atom. The second kappa shape index (κ2) is 5.23. The summed E-state index contributed by atoms with van der Waals surface area (Å²) in [5, 5.41) is 12.9. The van der Waals surface area contributed by atoms with Crippen LogP contribution in [0, 0.1) is 0 Å². The predicted octanol–water partition coefficient (Wildman–Crippen LogP) is 2.43. The van der Waals surface area contributed by atoms with Gasteiger partial charge >= 0.3 is 0 Å². The summed E-state index contributed by atoms with van der Waals surface area (Å²) in [5.74, 6) is 1.12. The highest BCUT2D eigenvalue weighted by Crippen LogP contribution is 2.31. The average molecular weight is 320 g/mol. The van der Waals surface area contributed by atoms with E-state index in [9.17, 15) is 0 Å². The molecule has 0 N–H and O–H groups in total. The maximum absolute atomic E-state index is 5.45. The minimum Gasteiger partial charge on any atom is -0.337 e. The van der Waals surface area contributed by atoms with Crippen molar-refractivity contribution in [2.75, 3.05) is 6.26 Å². The Morgan fingerprint density at radius 1 is 1.43 bits per heavy atom. The van der Waals surface area contributed by atoms with Gasteiger partial charge in [0.1, 0.15) is 6.04 Å². The molecule has 0 bridgehead atoms. The highest BCUT2D eigenvalue weighted by Gasteiger charge is 2.26. The highest BCUT2D eigenvalue weighted by molar-refractivity contribution is 8.00. The number of fused-ring (bicyclic) bond motifs is 1. The summed E-state index contributed by atoms with van der Waals surface area (Å²) in [7, 11) is 0. The third kappa shape index (κ3) is 2.26. The van der Waals surface area contributed by atoms with Crippen LogP contribution in [-0.4, -0.2) is 36.1 Å². The lowest BCUT2D eigenvalue weighted by atomic mass is 10.0. The molecule has 3 aromatic heterocycles. The number of nitrogens with zero attached hydrogens (tertiary/aromatic N) is 6. The van der Waals surface area contributed by atoms with Gasteiger partial charge in [0.25, 0.3) is 0 Å². The lowest BCUT2D eigenvalue weighted by Crippen LogP contribution is -2.17. The predicted molar refractivity (Wildman–Crippen MR) is 78.3 cm³/mol. The van der Waals surface area contributed by atoms with Crippen molar-refractivity contribution in [3.05, 3.63) is 24.1 Å². The van der Waals surface area contributed by atoms with Crippen LogP contribution in [-0.2, 0) is 6.42 Å². The molecule has 0 amide bonds. The topological polar surface area (TPSA) is 82.5 Å². The van der Waals surface area contributed by atoms with Gasteiger partial charge in [-0.15, -0.1) is 10.2 Å². The average Bonchev–Trinajstić information content (AvgIpc) is 3.25. The molecule has 1 atom stereocenters. The lowest BCUT2D eigenvalue weighted by molar-refractivity contribution is 0.311. The van der Waals surface area contributed by atoms with Crippen LogP contribution in [0.25, 0.3) is 10.8 Å². The molecular weight excluding hydrogens is 308 g/mol. The molecule has 0 saturated heterocycles. The Kier molecular flexibility index (Phi) is 3.23. The van der Waals surface area contributed by atoms with Crippen molar-refractivity contribution >= 4 is 23.1 Å². The molecule has 4 rings (SSSR count). The first-order valence-corrected chi connectivity index (χ1v) is 8.61. The van der Waals surface area contributed by atoms with Crippen LogP contribution in [0.15, 0.2) is 21.4 Å². The molecule has 4 heterocycles. The van der Waals surface area contributed by atoms with Crippen molar-refractivity contribution in [2.45, 2.75) is 29.6 Å². The molecular formula is C12H12N6OS2. The number of rotatable bonds is 3. The third-order valence-corrected chi connectivity index (χ3v) is 5.39. The van der Waals surface area contributed by atoms with Gasteiger partial charge in [0.15, 0.2) is 9.35 Å². The molecule has 0 fully saturated rings. The zero-order valence-corrected chi connectivity index (χ0v) is 12.9. The van der Waals surface area contributed by atoms with Crippen LogP contribution in [0.1, 0.15) is 30.5 Å². The minimum atomic E-state index is 0.0745. The zero-order chi connectivity index (χ0) is 14.2. The van der Waals surface area contributed by atoms with Crippen molar-refractivity contribution < 1.29 is 4.52 Å². The molecule has 7 nitrogen and oxygen atoms in total. The molecule has 0 aliphatic carbocycles. The largest absolute Gasteiger partial charge is 0.337 e. The summed E-state index contributed by atoms with van der Waals surface area (Å²) in [6.45, 7) is 0. The number of hydrogen-bond donors (Lipinski definition) is 0. The Balaban J connectivity index is 1.66. The quantitative estimate of drug-likeness (QED) is 0.685. The van der Waals surface area contributed by atoms with Crippen LogP contribution in [0.2, 0.25) is 0 Å². The molecule has 3 aromatic rings. The molecule has 108 valence electrons. The number of hydrogen-bond acceptors (Lipinski definition) is 8. The normalized spacial score (nSPS) is 17.9. The van der Waals surface area contributed by atoms with Gasteiger partial charge in [-0.25, -0.2) is 4.98 Å². The van der Waals surface area contributed by atoms with E-state index in [-0.39, 0.29) is 6.04 Å². The first-order valence-electron chi connectivity index (χ1n) is 6.57. The van der Waals surface area contributed by atoms with Gasteiger partial charge in [0, 0.05) is 11.9 Å². The van der Waals surface area contributed by atoms with Crippen molar-refractivity contribution in [1.82, 2.24) is 29.9 Å². The summed E-state index contributed by atoms with van der Waals surface area (Å²) in [6, 6.07) is 0.0745. The maximum Gasteiger partial charge on any atom is 0.250 e.